The first-order chi connectivity index (χ1) is 13.3. The van der Waals surface area contributed by atoms with Crippen molar-refractivity contribution in [2.45, 2.75) is 6.54 Å². The highest BCUT2D eigenvalue weighted by atomic mass is 15.1. The van der Waals surface area contributed by atoms with Crippen LogP contribution in [-0.2, 0) is 6.54 Å². The molecule has 0 bridgehead atoms. The number of aromatic nitrogens is 1. The highest BCUT2D eigenvalue weighted by molar-refractivity contribution is 5.99. The van der Waals surface area contributed by atoms with Crippen LogP contribution < -0.4 is 4.90 Å². The van der Waals surface area contributed by atoms with Crippen LogP contribution in [0.1, 0.15) is 5.56 Å². The molecule has 2 nitrogen and oxygen atoms in total. The van der Waals surface area contributed by atoms with Gasteiger partial charge in [-0.05, 0) is 63.5 Å². The number of pyridine rings is 1. The van der Waals surface area contributed by atoms with E-state index in [9.17, 15) is 0 Å². The van der Waals surface area contributed by atoms with Crippen molar-refractivity contribution < 1.29 is 0 Å². The zero-order valence-electron chi connectivity index (χ0n) is 15.3. The van der Waals surface area contributed by atoms with Crippen molar-refractivity contribution in [3.05, 3.63) is 96.7 Å². The number of hydrogen-bond acceptors (Lipinski definition) is 2. The molecular formula is C25H20N2. The van der Waals surface area contributed by atoms with Gasteiger partial charge in [0.1, 0.15) is 0 Å². The number of anilines is 1. The molecule has 0 spiro atoms. The van der Waals surface area contributed by atoms with Crippen molar-refractivity contribution in [1.29, 1.82) is 0 Å². The van der Waals surface area contributed by atoms with Crippen LogP contribution in [0.4, 0.5) is 5.69 Å². The Morgan fingerprint density at radius 2 is 1.41 bits per heavy atom. The van der Waals surface area contributed by atoms with Gasteiger partial charge in [-0.2, -0.15) is 0 Å². The lowest BCUT2D eigenvalue weighted by molar-refractivity contribution is 0.930. The Bertz CT molecular complexity index is 1270. The quantitative estimate of drug-likeness (QED) is 0.362. The summed E-state index contributed by atoms with van der Waals surface area (Å²) in [7, 11) is 2.15. The van der Waals surface area contributed by atoms with Gasteiger partial charge in [0.25, 0.3) is 0 Å². The van der Waals surface area contributed by atoms with Gasteiger partial charge in [-0.25, -0.2) is 0 Å². The fourth-order valence-corrected chi connectivity index (χ4v) is 3.80. The summed E-state index contributed by atoms with van der Waals surface area (Å²) in [5.41, 5.74) is 3.56. The fourth-order valence-electron chi connectivity index (χ4n) is 3.80. The average Bonchev–Trinajstić information content (AvgIpc) is 2.72. The van der Waals surface area contributed by atoms with Gasteiger partial charge in [0, 0.05) is 30.9 Å². The highest BCUT2D eigenvalue weighted by Gasteiger charge is 2.07. The molecular weight excluding hydrogens is 328 g/mol. The van der Waals surface area contributed by atoms with Gasteiger partial charge in [0.05, 0.1) is 5.52 Å². The molecule has 0 atom stereocenters. The third-order valence-corrected chi connectivity index (χ3v) is 5.28. The number of hydrogen-bond donors (Lipinski definition) is 0. The van der Waals surface area contributed by atoms with Crippen LogP contribution in [0, 0.1) is 0 Å². The minimum Gasteiger partial charge on any atom is -0.370 e. The Kier molecular flexibility index (Phi) is 3.75. The lowest BCUT2D eigenvalue weighted by Gasteiger charge is -2.21. The number of rotatable bonds is 3. The molecule has 0 aliphatic carbocycles. The fraction of sp³-hybridized carbons (Fsp3) is 0.0800. The molecule has 0 aliphatic heterocycles. The third kappa shape index (κ3) is 2.89. The molecule has 0 aliphatic rings. The number of para-hydroxylation sites is 1. The van der Waals surface area contributed by atoms with Crippen LogP contribution in [0.2, 0.25) is 0 Å². The molecule has 0 saturated carbocycles. The van der Waals surface area contributed by atoms with Gasteiger partial charge in [-0.15, -0.1) is 0 Å². The SMILES string of the molecule is CN(Cc1ccnc2ccccc12)c1ccc2cc3ccccc3cc2c1. The predicted octanol–water partition coefficient (Wildman–Crippen LogP) is 6.18. The van der Waals surface area contributed by atoms with E-state index in [4.69, 9.17) is 0 Å². The van der Waals surface area contributed by atoms with Crippen molar-refractivity contribution >= 4 is 38.1 Å². The first-order valence-corrected chi connectivity index (χ1v) is 9.24. The molecule has 0 radical (unpaired) electrons. The summed E-state index contributed by atoms with van der Waals surface area (Å²) in [5, 5.41) is 6.34. The lowest BCUT2D eigenvalue weighted by atomic mass is 10.0. The van der Waals surface area contributed by atoms with Gasteiger partial charge in [0.2, 0.25) is 0 Å². The maximum absolute atomic E-state index is 4.47. The summed E-state index contributed by atoms with van der Waals surface area (Å²) in [6, 6.07) is 30.3. The molecule has 5 aromatic rings. The molecule has 27 heavy (non-hydrogen) atoms. The van der Waals surface area contributed by atoms with E-state index in [0.717, 1.165) is 12.1 Å². The average molecular weight is 348 g/mol. The van der Waals surface area contributed by atoms with E-state index < -0.39 is 0 Å². The largest absolute Gasteiger partial charge is 0.370 e. The second-order valence-electron chi connectivity index (χ2n) is 7.07. The molecule has 4 aromatic carbocycles. The maximum atomic E-state index is 4.47. The molecule has 0 N–H and O–H groups in total. The molecule has 0 saturated heterocycles. The van der Waals surface area contributed by atoms with Gasteiger partial charge in [-0.1, -0.05) is 48.5 Å². The molecule has 1 aromatic heterocycles. The minimum atomic E-state index is 0.849. The second-order valence-corrected chi connectivity index (χ2v) is 7.07. The standard InChI is InChI=1S/C25H20N2/c1-27(17-21-12-13-26-25-9-5-4-8-24(21)25)23-11-10-20-14-18-6-2-3-7-19(18)15-22(20)16-23/h2-16H,17H2,1H3. The Labute approximate surface area is 158 Å². The Morgan fingerprint density at radius 1 is 0.704 bits per heavy atom. The summed E-state index contributed by atoms with van der Waals surface area (Å²) < 4.78 is 0. The van der Waals surface area contributed by atoms with Gasteiger partial charge < -0.3 is 4.90 Å². The Hall–Kier alpha value is -3.39. The van der Waals surface area contributed by atoms with E-state index in [0.29, 0.717) is 0 Å². The number of nitrogens with zero attached hydrogens (tertiary/aromatic N) is 2. The van der Waals surface area contributed by atoms with E-state index in [2.05, 4.69) is 95.8 Å². The molecule has 0 unspecified atom stereocenters. The van der Waals surface area contributed by atoms with Crippen LogP contribution in [-0.4, -0.2) is 12.0 Å². The van der Waals surface area contributed by atoms with Crippen LogP contribution in [0.5, 0.6) is 0 Å². The predicted molar refractivity (Wildman–Crippen MR) is 115 cm³/mol. The van der Waals surface area contributed by atoms with E-state index in [1.807, 2.05) is 12.3 Å². The van der Waals surface area contributed by atoms with E-state index in [-0.39, 0.29) is 0 Å². The first-order valence-electron chi connectivity index (χ1n) is 9.24. The monoisotopic (exact) mass is 348 g/mol. The molecule has 2 heteroatoms. The van der Waals surface area contributed by atoms with Crippen LogP contribution in [0.15, 0.2) is 91.1 Å². The summed E-state index contributed by atoms with van der Waals surface area (Å²) >= 11 is 0. The third-order valence-electron chi connectivity index (χ3n) is 5.28. The van der Waals surface area contributed by atoms with Crippen molar-refractivity contribution in [1.82, 2.24) is 4.98 Å². The van der Waals surface area contributed by atoms with Crippen molar-refractivity contribution in [2.24, 2.45) is 0 Å². The van der Waals surface area contributed by atoms with Crippen LogP contribution >= 0.6 is 0 Å². The van der Waals surface area contributed by atoms with Crippen molar-refractivity contribution in [3.63, 3.8) is 0 Å². The van der Waals surface area contributed by atoms with Gasteiger partial charge in [-0.3, -0.25) is 4.98 Å². The van der Waals surface area contributed by atoms with E-state index in [1.165, 1.54) is 38.2 Å². The zero-order chi connectivity index (χ0) is 18.2. The summed E-state index contributed by atoms with van der Waals surface area (Å²) in [6.07, 6.45) is 1.90. The summed E-state index contributed by atoms with van der Waals surface area (Å²) in [4.78, 5) is 6.78. The van der Waals surface area contributed by atoms with Gasteiger partial charge in [0.15, 0.2) is 0 Å². The van der Waals surface area contributed by atoms with Crippen LogP contribution in [0.3, 0.4) is 0 Å². The topological polar surface area (TPSA) is 16.1 Å². The molecule has 1 heterocycles. The minimum absolute atomic E-state index is 0.849. The maximum Gasteiger partial charge on any atom is 0.0705 e. The van der Waals surface area contributed by atoms with Crippen molar-refractivity contribution in [3.8, 4) is 0 Å². The normalized spacial score (nSPS) is 11.3. The number of benzene rings is 4. The Morgan fingerprint density at radius 3 is 2.26 bits per heavy atom. The first kappa shape index (κ1) is 15.8. The van der Waals surface area contributed by atoms with Gasteiger partial charge >= 0.3 is 0 Å². The molecule has 0 amide bonds. The zero-order valence-corrected chi connectivity index (χ0v) is 15.3. The van der Waals surface area contributed by atoms with E-state index >= 15 is 0 Å². The Balaban J connectivity index is 1.53. The summed E-state index contributed by atoms with van der Waals surface area (Å²) in [6.45, 7) is 0.849. The molecule has 130 valence electrons. The molecule has 5 rings (SSSR count). The lowest BCUT2D eigenvalue weighted by Crippen LogP contribution is -2.16. The second kappa shape index (κ2) is 6.40. The molecule has 0 fully saturated rings. The number of fused-ring (bicyclic) bond motifs is 3. The van der Waals surface area contributed by atoms with Crippen molar-refractivity contribution in [2.75, 3.05) is 11.9 Å². The summed E-state index contributed by atoms with van der Waals surface area (Å²) in [5.74, 6) is 0. The van der Waals surface area contributed by atoms with E-state index in [1.54, 1.807) is 0 Å². The smallest absolute Gasteiger partial charge is 0.0705 e. The van der Waals surface area contributed by atoms with Crippen LogP contribution in [0.25, 0.3) is 32.4 Å². The highest BCUT2D eigenvalue weighted by Crippen LogP contribution is 2.28.